The summed E-state index contributed by atoms with van der Waals surface area (Å²) in [4.78, 5) is 29.6. The third-order valence-electron chi connectivity index (χ3n) is 11.5. The van der Waals surface area contributed by atoms with Crippen LogP contribution in [-0.2, 0) is 19.2 Å². The molecule has 0 bridgehead atoms. The van der Waals surface area contributed by atoms with Crippen molar-refractivity contribution in [2.24, 2.45) is 39.7 Å². The molecule has 1 saturated heterocycles. The largest absolute Gasteiger partial charge is 0.481 e. The summed E-state index contributed by atoms with van der Waals surface area (Å²) < 4.78 is 5.77. The zero-order valence-electron chi connectivity index (χ0n) is 24.9. The van der Waals surface area contributed by atoms with Crippen molar-refractivity contribution in [3.63, 3.8) is 0 Å². The van der Waals surface area contributed by atoms with Crippen molar-refractivity contribution in [1.29, 1.82) is 0 Å². The smallest absolute Gasteiger partial charge is 0.305 e. The number of carboxylic acid groups (broad SMARTS) is 1. The SMILES string of the molecule is CC1(C)C[C@H]([C@H](CC(=O)O)NC(=O)CO/N=C2\C=C[C@@]3(C)C(=C2)CC[C@@H]2[C@H]4CC[C@](C)(O)[C@@]4(C)CC[C@@H]23)CCO1. The number of aliphatic carboxylic acids is 1. The van der Waals surface area contributed by atoms with Crippen LogP contribution in [0.15, 0.2) is 29.0 Å². The van der Waals surface area contributed by atoms with Crippen molar-refractivity contribution < 1.29 is 29.4 Å². The number of carboxylic acids is 1. The van der Waals surface area contributed by atoms with Gasteiger partial charge in [0.15, 0.2) is 6.61 Å². The van der Waals surface area contributed by atoms with Crippen LogP contribution in [-0.4, -0.2) is 58.3 Å². The molecule has 4 fully saturated rings. The molecule has 40 heavy (non-hydrogen) atoms. The number of nitrogens with one attached hydrogen (secondary N) is 1. The van der Waals surface area contributed by atoms with Gasteiger partial charge in [0.1, 0.15) is 5.71 Å². The number of rotatable bonds is 7. The van der Waals surface area contributed by atoms with Crippen molar-refractivity contribution in [2.75, 3.05) is 13.2 Å². The molecule has 5 rings (SSSR count). The normalized spacial score (nSPS) is 41.8. The van der Waals surface area contributed by atoms with Crippen molar-refractivity contribution in [2.45, 2.75) is 110 Å². The van der Waals surface area contributed by atoms with Gasteiger partial charge in [-0.3, -0.25) is 9.59 Å². The zero-order valence-corrected chi connectivity index (χ0v) is 24.9. The fourth-order valence-corrected chi connectivity index (χ4v) is 9.07. The molecule has 222 valence electrons. The number of nitrogens with zero attached hydrogens (tertiary/aromatic N) is 1. The molecular weight excluding hydrogens is 508 g/mol. The highest BCUT2D eigenvalue weighted by Gasteiger charge is 2.62. The van der Waals surface area contributed by atoms with E-state index in [1.165, 1.54) is 5.57 Å². The van der Waals surface area contributed by atoms with E-state index in [4.69, 9.17) is 9.57 Å². The van der Waals surface area contributed by atoms with Crippen LogP contribution in [0.1, 0.15) is 92.4 Å². The van der Waals surface area contributed by atoms with Gasteiger partial charge < -0.3 is 25.1 Å². The monoisotopic (exact) mass is 556 g/mol. The molecule has 5 aliphatic rings. The van der Waals surface area contributed by atoms with E-state index in [-0.39, 0.29) is 41.3 Å². The van der Waals surface area contributed by atoms with Gasteiger partial charge >= 0.3 is 5.97 Å². The highest BCUT2D eigenvalue weighted by Crippen LogP contribution is 2.66. The predicted molar refractivity (Wildman–Crippen MR) is 153 cm³/mol. The summed E-state index contributed by atoms with van der Waals surface area (Å²) in [5.74, 6) is 0.483. The van der Waals surface area contributed by atoms with Crippen LogP contribution >= 0.6 is 0 Å². The maximum absolute atomic E-state index is 12.7. The number of oxime groups is 1. The number of carbonyl (C=O) groups is 2. The fourth-order valence-electron chi connectivity index (χ4n) is 9.07. The van der Waals surface area contributed by atoms with Crippen molar-refractivity contribution in [3.05, 3.63) is 23.8 Å². The van der Waals surface area contributed by atoms with Crippen LogP contribution < -0.4 is 5.32 Å². The molecular formula is C32H48N2O6. The highest BCUT2D eigenvalue weighted by molar-refractivity contribution is 6.05. The second-order valence-corrected chi connectivity index (χ2v) is 14.4. The van der Waals surface area contributed by atoms with Gasteiger partial charge in [0.2, 0.25) is 0 Å². The first-order chi connectivity index (χ1) is 18.7. The van der Waals surface area contributed by atoms with Crippen LogP contribution in [0.4, 0.5) is 0 Å². The van der Waals surface area contributed by atoms with E-state index in [9.17, 15) is 19.8 Å². The van der Waals surface area contributed by atoms with E-state index in [0.717, 1.165) is 38.5 Å². The Balaban J connectivity index is 1.19. The van der Waals surface area contributed by atoms with Gasteiger partial charge in [-0.05, 0) is 113 Å². The van der Waals surface area contributed by atoms with Crippen molar-refractivity contribution in [1.82, 2.24) is 5.32 Å². The number of carbonyl (C=O) groups excluding carboxylic acids is 1. The Morgan fingerprint density at radius 2 is 1.88 bits per heavy atom. The molecule has 3 saturated carbocycles. The predicted octanol–water partition coefficient (Wildman–Crippen LogP) is 5.01. The Bertz CT molecular complexity index is 1110. The van der Waals surface area contributed by atoms with Crippen molar-refractivity contribution in [3.8, 4) is 0 Å². The second-order valence-electron chi connectivity index (χ2n) is 14.4. The zero-order chi connectivity index (χ0) is 28.9. The van der Waals surface area contributed by atoms with E-state index in [1.54, 1.807) is 0 Å². The molecule has 8 heteroatoms. The van der Waals surface area contributed by atoms with Crippen LogP contribution in [0.25, 0.3) is 0 Å². The van der Waals surface area contributed by atoms with E-state index in [0.29, 0.717) is 42.9 Å². The molecule has 0 aromatic rings. The Hall–Kier alpha value is -2.19. The third-order valence-corrected chi connectivity index (χ3v) is 11.5. The Kier molecular flexibility index (Phi) is 7.75. The van der Waals surface area contributed by atoms with E-state index >= 15 is 0 Å². The molecule has 0 aromatic carbocycles. The quantitative estimate of drug-likeness (QED) is 0.380. The van der Waals surface area contributed by atoms with Crippen molar-refractivity contribution >= 4 is 17.6 Å². The first kappa shape index (κ1) is 29.3. The molecule has 1 heterocycles. The average Bonchev–Trinajstić information content (AvgIpc) is 3.11. The van der Waals surface area contributed by atoms with Gasteiger partial charge in [-0.2, -0.15) is 0 Å². The fraction of sp³-hybridized carbons (Fsp3) is 0.781. The summed E-state index contributed by atoms with van der Waals surface area (Å²) in [6.07, 6.45) is 14.0. The van der Waals surface area contributed by atoms with E-state index < -0.39 is 17.6 Å². The minimum absolute atomic E-state index is 0.00952. The molecule has 0 spiro atoms. The summed E-state index contributed by atoms with van der Waals surface area (Å²) in [7, 11) is 0. The molecule has 8 nitrogen and oxygen atoms in total. The number of hydrogen-bond acceptors (Lipinski definition) is 6. The lowest BCUT2D eigenvalue weighted by Gasteiger charge is -2.58. The lowest BCUT2D eigenvalue weighted by molar-refractivity contribution is -0.139. The topological polar surface area (TPSA) is 117 Å². The Morgan fingerprint density at radius 3 is 2.60 bits per heavy atom. The maximum atomic E-state index is 12.7. The molecule has 1 amide bonds. The third kappa shape index (κ3) is 5.38. The van der Waals surface area contributed by atoms with Gasteiger partial charge in [-0.15, -0.1) is 0 Å². The first-order valence-corrected chi connectivity index (χ1v) is 15.2. The summed E-state index contributed by atoms with van der Waals surface area (Å²) in [5, 5.41) is 27.7. The van der Waals surface area contributed by atoms with E-state index in [1.807, 2.05) is 26.8 Å². The lowest BCUT2D eigenvalue weighted by Crippen LogP contribution is -2.53. The number of allylic oxidation sites excluding steroid dienone is 4. The molecule has 4 aliphatic carbocycles. The van der Waals surface area contributed by atoms with Gasteiger partial charge in [-0.25, -0.2) is 0 Å². The minimum atomic E-state index is -0.937. The summed E-state index contributed by atoms with van der Waals surface area (Å²) in [5.41, 5.74) is 1.17. The first-order valence-electron chi connectivity index (χ1n) is 15.2. The van der Waals surface area contributed by atoms with Gasteiger partial charge in [0.05, 0.1) is 17.6 Å². The molecule has 1 aliphatic heterocycles. The van der Waals surface area contributed by atoms with Crippen LogP contribution in [0, 0.1) is 34.5 Å². The number of fused-ring (bicyclic) bond motifs is 5. The molecule has 8 atom stereocenters. The van der Waals surface area contributed by atoms with E-state index in [2.05, 4.69) is 36.5 Å². The van der Waals surface area contributed by atoms with Crippen LogP contribution in [0.2, 0.25) is 0 Å². The number of aliphatic hydroxyl groups is 1. The Morgan fingerprint density at radius 1 is 1.12 bits per heavy atom. The van der Waals surface area contributed by atoms with Gasteiger partial charge in [-0.1, -0.05) is 30.7 Å². The standard InChI is InChI=1S/C32H48N2O6/c1-29(2)18-20(11-15-39-29)26(17-28(36)37)33-27(35)19-40-34-22-8-12-30(3)21(16-22)6-7-23-24(30)9-13-31(4)25(23)10-14-32(31,5)38/h8,12,16,20,23-26,38H,6-7,9-11,13-15,17-19H2,1-5H3,(H,33,35)(H,36,37)/b34-22+/t20-,23+,24+,25-,26+,30+,31+,32+/m1/s1. The average molecular weight is 557 g/mol. The highest BCUT2D eigenvalue weighted by atomic mass is 16.6. The number of amides is 1. The number of hydrogen-bond donors (Lipinski definition) is 3. The second kappa shape index (κ2) is 10.6. The Labute approximate surface area is 238 Å². The summed E-state index contributed by atoms with van der Waals surface area (Å²) in [6.45, 7) is 11.0. The number of ether oxygens (including phenoxy) is 1. The lowest BCUT2D eigenvalue weighted by atomic mass is 9.47. The van der Waals surface area contributed by atoms with Gasteiger partial charge in [0.25, 0.3) is 5.91 Å². The van der Waals surface area contributed by atoms with Crippen LogP contribution in [0.3, 0.4) is 0 Å². The molecule has 3 N–H and O–H groups in total. The molecule has 0 radical (unpaired) electrons. The van der Waals surface area contributed by atoms with Gasteiger partial charge in [0, 0.05) is 18.1 Å². The summed E-state index contributed by atoms with van der Waals surface area (Å²) >= 11 is 0. The molecule has 0 unspecified atom stereocenters. The minimum Gasteiger partial charge on any atom is -0.481 e. The summed E-state index contributed by atoms with van der Waals surface area (Å²) in [6, 6.07) is -0.474. The molecule has 0 aromatic heterocycles. The van der Waals surface area contributed by atoms with Crippen LogP contribution in [0.5, 0.6) is 0 Å². The maximum Gasteiger partial charge on any atom is 0.305 e.